The summed E-state index contributed by atoms with van der Waals surface area (Å²) in [7, 11) is 1.88. The summed E-state index contributed by atoms with van der Waals surface area (Å²) in [5.41, 5.74) is 3.06. The van der Waals surface area contributed by atoms with E-state index in [1.807, 2.05) is 14.8 Å². The Balaban J connectivity index is 3.37. The van der Waals surface area contributed by atoms with Gasteiger partial charge in [0.25, 0.3) is 0 Å². The maximum absolute atomic E-state index is 10.5. The Labute approximate surface area is 72.0 Å². The summed E-state index contributed by atoms with van der Waals surface area (Å²) in [6.45, 7) is 1.87. The molecule has 0 atom stereocenters. The Hall–Kier alpha value is -1.38. The van der Waals surface area contributed by atoms with Gasteiger partial charge >= 0.3 is 0 Å². The van der Waals surface area contributed by atoms with Gasteiger partial charge in [0.1, 0.15) is 20.4 Å². The number of carbonyl (C=O) groups excluding carboxylic acids is 2. The van der Waals surface area contributed by atoms with Gasteiger partial charge in [0.15, 0.2) is 0 Å². The molecular weight excluding hydrogens is 151 g/mol. The smallest absolute Gasteiger partial charge is 0.150 e. The second-order valence-electron chi connectivity index (χ2n) is 2.79. The Morgan fingerprint density at radius 3 is 2.42 bits per heavy atom. The minimum Gasteiger partial charge on any atom is -0.298 e. The predicted octanol–water partition coefficient (Wildman–Crippen LogP) is -0.122. The third kappa shape index (κ3) is 1.45. The molecule has 3 heteroatoms. The molecule has 0 unspecified atom stereocenters. The molecule has 60 valence electrons. The standard InChI is InChI=1S/C9H9BO2/c1-6-8(5-12)2-7(4-11)3-9(6)10/h2-5H,10H2,1H3. The molecule has 0 amide bonds. The van der Waals surface area contributed by atoms with Crippen LogP contribution in [-0.2, 0) is 0 Å². The normalized spacial score (nSPS) is 9.42. The lowest BCUT2D eigenvalue weighted by atomic mass is 9.87. The van der Waals surface area contributed by atoms with Crippen molar-refractivity contribution in [3.05, 3.63) is 28.8 Å². The first kappa shape index (κ1) is 8.72. The van der Waals surface area contributed by atoms with Gasteiger partial charge in [-0.1, -0.05) is 11.5 Å². The Morgan fingerprint density at radius 2 is 1.92 bits per heavy atom. The molecule has 0 saturated carbocycles. The topological polar surface area (TPSA) is 34.1 Å². The van der Waals surface area contributed by atoms with Crippen LogP contribution in [-0.4, -0.2) is 20.4 Å². The molecule has 12 heavy (non-hydrogen) atoms. The highest BCUT2D eigenvalue weighted by molar-refractivity contribution is 6.34. The van der Waals surface area contributed by atoms with Crippen LogP contribution in [0.2, 0.25) is 0 Å². The number of aldehydes is 2. The van der Waals surface area contributed by atoms with Crippen molar-refractivity contribution in [3.8, 4) is 0 Å². The first-order valence-electron chi connectivity index (χ1n) is 3.70. The fourth-order valence-corrected chi connectivity index (χ4v) is 1.11. The van der Waals surface area contributed by atoms with Gasteiger partial charge in [0, 0.05) is 11.1 Å². The maximum atomic E-state index is 10.5. The van der Waals surface area contributed by atoms with Crippen LogP contribution in [0.4, 0.5) is 0 Å². The van der Waals surface area contributed by atoms with E-state index in [4.69, 9.17) is 0 Å². The monoisotopic (exact) mass is 160 g/mol. The molecule has 0 aromatic heterocycles. The summed E-state index contributed by atoms with van der Waals surface area (Å²) in [5.74, 6) is 0. The van der Waals surface area contributed by atoms with Crippen LogP contribution in [0.25, 0.3) is 0 Å². The van der Waals surface area contributed by atoms with E-state index < -0.39 is 0 Å². The van der Waals surface area contributed by atoms with Crippen LogP contribution in [0, 0.1) is 6.92 Å². The van der Waals surface area contributed by atoms with Gasteiger partial charge in [-0.25, -0.2) is 0 Å². The van der Waals surface area contributed by atoms with E-state index in [0.717, 1.165) is 23.6 Å². The number of benzene rings is 1. The summed E-state index contributed by atoms with van der Waals surface area (Å²) in [5, 5.41) is 0. The molecule has 2 nitrogen and oxygen atoms in total. The van der Waals surface area contributed by atoms with Gasteiger partial charge in [0.05, 0.1) is 0 Å². The Kier molecular flexibility index (Phi) is 2.43. The van der Waals surface area contributed by atoms with E-state index in [2.05, 4.69) is 0 Å². The summed E-state index contributed by atoms with van der Waals surface area (Å²) >= 11 is 0. The SMILES string of the molecule is Bc1cc(C=O)cc(C=O)c1C. The third-order valence-corrected chi connectivity index (χ3v) is 1.99. The zero-order chi connectivity index (χ0) is 9.14. The summed E-state index contributed by atoms with van der Waals surface area (Å²) in [6.07, 6.45) is 1.52. The summed E-state index contributed by atoms with van der Waals surface area (Å²) in [6, 6.07) is 3.37. The molecule has 0 bridgehead atoms. The maximum Gasteiger partial charge on any atom is 0.150 e. The second kappa shape index (κ2) is 3.35. The molecule has 1 aromatic rings. The van der Waals surface area contributed by atoms with Gasteiger partial charge in [-0.2, -0.15) is 0 Å². The zero-order valence-corrected chi connectivity index (χ0v) is 7.13. The van der Waals surface area contributed by atoms with Crippen molar-refractivity contribution < 1.29 is 9.59 Å². The molecule has 0 radical (unpaired) electrons. The fourth-order valence-electron chi connectivity index (χ4n) is 1.11. The lowest BCUT2D eigenvalue weighted by molar-refractivity contribution is 0.112. The van der Waals surface area contributed by atoms with E-state index in [-0.39, 0.29) is 0 Å². The molecule has 0 spiro atoms. The predicted molar refractivity (Wildman–Crippen MR) is 50.1 cm³/mol. The van der Waals surface area contributed by atoms with Gasteiger partial charge < -0.3 is 0 Å². The van der Waals surface area contributed by atoms with Crippen molar-refractivity contribution in [1.29, 1.82) is 0 Å². The van der Waals surface area contributed by atoms with Crippen LogP contribution in [0.5, 0.6) is 0 Å². The van der Waals surface area contributed by atoms with Gasteiger partial charge in [-0.15, -0.1) is 0 Å². The van der Waals surface area contributed by atoms with Crippen molar-refractivity contribution in [2.45, 2.75) is 6.92 Å². The van der Waals surface area contributed by atoms with E-state index in [1.54, 1.807) is 12.1 Å². The van der Waals surface area contributed by atoms with Crippen molar-refractivity contribution >= 4 is 25.9 Å². The average Bonchev–Trinajstić information content (AvgIpc) is 2.09. The van der Waals surface area contributed by atoms with Crippen LogP contribution in [0.3, 0.4) is 0 Å². The van der Waals surface area contributed by atoms with E-state index in [0.29, 0.717) is 11.1 Å². The molecule has 0 fully saturated rings. The van der Waals surface area contributed by atoms with Gasteiger partial charge in [0.2, 0.25) is 0 Å². The van der Waals surface area contributed by atoms with E-state index in [1.165, 1.54) is 0 Å². The van der Waals surface area contributed by atoms with Crippen LogP contribution < -0.4 is 5.46 Å². The first-order valence-corrected chi connectivity index (χ1v) is 3.70. The summed E-state index contributed by atoms with van der Waals surface area (Å²) in [4.78, 5) is 21.0. The highest BCUT2D eigenvalue weighted by Gasteiger charge is 2.01. The molecular formula is C9H9BO2. The molecule has 1 aromatic carbocycles. The first-order chi connectivity index (χ1) is 5.69. The number of hydrogen-bond donors (Lipinski definition) is 0. The molecule has 0 aliphatic heterocycles. The third-order valence-electron chi connectivity index (χ3n) is 1.99. The number of hydrogen-bond acceptors (Lipinski definition) is 2. The van der Waals surface area contributed by atoms with Crippen molar-refractivity contribution in [1.82, 2.24) is 0 Å². The Bertz CT molecular complexity index is 332. The van der Waals surface area contributed by atoms with E-state index >= 15 is 0 Å². The van der Waals surface area contributed by atoms with Crippen LogP contribution in [0.1, 0.15) is 26.3 Å². The van der Waals surface area contributed by atoms with Crippen molar-refractivity contribution in [2.24, 2.45) is 0 Å². The highest BCUT2D eigenvalue weighted by atomic mass is 16.1. The average molecular weight is 160 g/mol. The lowest BCUT2D eigenvalue weighted by Gasteiger charge is -2.03. The van der Waals surface area contributed by atoms with Gasteiger partial charge in [-0.3, -0.25) is 9.59 Å². The molecule has 0 saturated heterocycles. The molecule has 0 aliphatic carbocycles. The largest absolute Gasteiger partial charge is 0.298 e. The van der Waals surface area contributed by atoms with Crippen molar-refractivity contribution in [2.75, 3.05) is 0 Å². The second-order valence-corrected chi connectivity index (χ2v) is 2.79. The number of rotatable bonds is 2. The fraction of sp³-hybridized carbons (Fsp3) is 0.111. The van der Waals surface area contributed by atoms with Crippen LogP contribution >= 0.6 is 0 Å². The molecule has 0 N–H and O–H groups in total. The minimum atomic E-state index is 0.556. The zero-order valence-electron chi connectivity index (χ0n) is 7.13. The highest BCUT2D eigenvalue weighted by Crippen LogP contribution is 2.04. The summed E-state index contributed by atoms with van der Waals surface area (Å²) < 4.78 is 0. The minimum absolute atomic E-state index is 0.556. The van der Waals surface area contributed by atoms with Crippen LogP contribution in [0.15, 0.2) is 12.1 Å². The van der Waals surface area contributed by atoms with E-state index in [9.17, 15) is 9.59 Å². The van der Waals surface area contributed by atoms with Crippen molar-refractivity contribution in [3.63, 3.8) is 0 Å². The van der Waals surface area contributed by atoms with Gasteiger partial charge in [-0.05, 0) is 18.6 Å². The molecule has 0 heterocycles. The quantitative estimate of drug-likeness (QED) is 0.446. The number of carbonyl (C=O) groups is 2. The Morgan fingerprint density at radius 1 is 1.25 bits per heavy atom. The molecule has 1 rings (SSSR count). The molecule has 0 aliphatic rings. The lowest BCUT2D eigenvalue weighted by Crippen LogP contribution is -2.11.